The summed E-state index contributed by atoms with van der Waals surface area (Å²) in [5, 5.41) is 3.38. The van der Waals surface area contributed by atoms with Crippen LogP contribution in [-0.2, 0) is 0 Å². The van der Waals surface area contributed by atoms with Crippen molar-refractivity contribution >= 4 is 5.91 Å². The lowest BCUT2D eigenvalue weighted by atomic mass is 10.0. The van der Waals surface area contributed by atoms with Crippen molar-refractivity contribution in [3.63, 3.8) is 0 Å². The molecule has 2 aliphatic rings. The van der Waals surface area contributed by atoms with Crippen LogP contribution >= 0.6 is 0 Å². The molecular formula is C15H20N2O3. The first-order chi connectivity index (χ1) is 9.74. The number of nitrogens with one attached hydrogen (secondary N) is 1. The summed E-state index contributed by atoms with van der Waals surface area (Å²) in [7, 11) is 3.15. The van der Waals surface area contributed by atoms with Crippen LogP contribution in [0.4, 0.5) is 0 Å². The maximum Gasteiger partial charge on any atom is 0.257 e. The number of methoxy groups -OCH3 is 2. The molecule has 2 fully saturated rings. The summed E-state index contributed by atoms with van der Waals surface area (Å²) in [5.41, 5.74) is 0.583. The van der Waals surface area contributed by atoms with Gasteiger partial charge < -0.3 is 19.7 Å². The summed E-state index contributed by atoms with van der Waals surface area (Å²) < 4.78 is 10.6. The molecule has 2 saturated heterocycles. The molecule has 0 radical (unpaired) electrons. The number of benzene rings is 1. The minimum Gasteiger partial charge on any atom is -0.493 e. The molecule has 3 rings (SSSR count). The van der Waals surface area contributed by atoms with Gasteiger partial charge in [0.1, 0.15) is 0 Å². The number of fused-ring (bicyclic) bond motifs is 1. The van der Waals surface area contributed by atoms with Gasteiger partial charge in [-0.3, -0.25) is 4.79 Å². The number of ether oxygens (including phenoxy) is 2. The predicted molar refractivity (Wildman–Crippen MR) is 75.3 cm³/mol. The zero-order chi connectivity index (χ0) is 14.1. The van der Waals surface area contributed by atoms with E-state index < -0.39 is 0 Å². The van der Waals surface area contributed by atoms with Gasteiger partial charge in [-0.25, -0.2) is 0 Å². The van der Waals surface area contributed by atoms with Crippen LogP contribution in [-0.4, -0.2) is 51.2 Å². The maximum absolute atomic E-state index is 12.7. The molecule has 5 heteroatoms. The molecule has 2 aliphatic heterocycles. The van der Waals surface area contributed by atoms with E-state index in [9.17, 15) is 4.79 Å². The zero-order valence-electron chi connectivity index (χ0n) is 11.9. The van der Waals surface area contributed by atoms with Gasteiger partial charge in [-0.1, -0.05) is 6.07 Å². The standard InChI is InChI=1S/C15H20N2O3/c1-19-13-5-3-4-12(14(13)20-2)15(18)17-8-10-6-16-7-11(10)9-17/h3-5,10-11,16H,6-9H2,1-2H3/t10-,11+. The van der Waals surface area contributed by atoms with E-state index >= 15 is 0 Å². The molecule has 0 aromatic heterocycles. The van der Waals surface area contributed by atoms with Crippen LogP contribution in [0, 0.1) is 11.8 Å². The first kappa shape index (κ1) is 13.2. The Labute approximate surface area is 118 Å². The van der Waals surface area contributed by atoms with E-state index in [1.54, 1.807) is 26.4 Å². The van der Waals surface area contributed by atoms with Crippen LogP contribution < -0.4 is 14.8 Å². The first-order valence-electron chi connectivity index (χ1n) is 6.95. The number of carbonyl (C=O) groups is 1. The third kappa shape index (κ3) is 2.12. The number of hydrogen-bond acceptors (Lipinski definition) is 4. The summed E-state index contributed by atoms with van der Waals surface area (Å²) in [6.45, 7) is 3.70. The fraction of sp³-hybridized carbons (Fsp3) is 0.533. The summed E-state index contributed by atoms with van der Waals surface area (Å²) in [5.74, 6) is 2.34. The van der Waals surface area contributed by atoms with Crippen molar-refractivity contribution in [3.8, 4) is 11.5 Å². The van der Waals surface area contributed by atoms with Gasteiger partial charge in [-0.15, -0.1) is 0 Å². The average molecular weight is 276 g/mol. The molecule has 2 atom stereocenters. The van der Waals surface area contributed by atoms with Crippen LogP contribution in [0.2, 0.25) is 0 Å². The number of likely N-dealkylation sites (tertiary alicyclic amines) is 1. The Balaban J connectivity index is 1.84. The fourth-order valence-corrected chi connectivity index (χ4v) is 3.25. The lowest BCUT2D eigenvalue weighted by Crippen LogP contribution is -2.32. The minimum absolute atomic E-state index is 0.0372. The molecule has 1 N–H and O–H groups in total. The van der Waals surface area contributed by atoms with E-state index in [2.05, 4.69) is 5.32 Å². The Morgan fingerprint density at radius 3 is 2.50 bits per heavy atom. The number of carbonyl (C=O) groups excluding carboxylic acids is 1. The van der Waals surface area contributed by atoms with Crippen molar-refractivity contribution < 1.29 is 14.3 Å². The summed E-state index contributed by atoms with van der Waals surface area (Å²) in [6, 6.07) is 5.43. The van der Waals surface area contributed by atoms with Gasteiger partial charge in [-0.05, 0) is 24.0 Å². The van der Waals surface area contributed by atoms with Crippen LogP contribution in [0.5, 0.6) is 11.5 Å². The topological polar surface area (TPSA) is 50.8 Å². The number of rotatable bonds is 3. The van der Waals surface area contributed by atoms with Gasteiger partial charge in [0.05, 0.1) is 19.8 Å². The molecule has 108 valence electrons. The van der Waals surface area contributed by atoms with Gasteiger partial charge in [0, 0.05) is 26.2 Å². The fourth-order valence-electron chi connectivity index (χ4n) is 3.25. The smallest absolute Gasteiger partial charge is 0.257 e. The van der Waals surface area contributed by atoms with E-state index in [1.807, 2.05) is 11.0 Å². The van der Waals surface area contributed by atoms with Crippen LogP contribution in [0.1, 0.15) is 10.4 Å². The van der Waals surface area contributed by atoms with Crippen LogP contribution in [0.15, 0.2) is 18.2 Å². The lowest BCUT2D eigenvalue weighted by Gasteiger charge is -2.20. The van der Waals surface area contributed by atoms with Crippen molar-refractivity contribution in [2.75, 3.05) is 40.4 Å². The second kappa shape index (κ2) is 5.32. The normalized spacial score (nSPS) is 24.6. The molecule has 20 heavy (non-hydrogen) atoms. The highest BCUT2D eigenvalue weighted by Gasteiger charge is 2.38. The zero-order valence-corrected chi connectivity index (χ0v) is 11.9. The highest BCUT2D eigenvalue weighted by Crippen LogP contribution is 2.34. The van der Waals surface area contributed by atoms with E-state index in [0.29, 0.717) is 28.9 Å². The SMILES string of the molecule is COc1cccc(C(=O)N2C[C@H]3CNC[C@H]3C2)c1OC. The molecular weight excluding hydrogens is 256 g/mol. The molecule has 1 amide bonds. The highest BCUT2D eigenvalue weighted by molar-refractivity contribution is 5.98. The molecule has 0 unspecified atom stereocenters. The quantitative estimate of drug-likeness (QED) is 0.894. The summed E-state index contributed by atoms with van der Waals surface area (Å²) in [4.78, 5) is 14.6. The van der Waals surface area contributed by atoms with Gasteiger partial charge in [0.25, 0.3) is 5.91 Å². The minimum atomic E-state index is 0.0372. The van der Waals surface area contributed by atoms with Gasteiger partial charge in [0.15, 0.2) is 11.5 Å². The van der Waals surface area contributed by atoms with E-state index in [4.69, 9.17) is 9.47 Å². The Hall–Kier alpha value is -1.75. The van der Waals surface area contributed by atoms with Crippen molar-refractivity contribution in [1.82, 2.24) is 10.2 Å². The lowest BCUT2D eigenvalue weighted by molar-refractivity contribution is 0.0777. The van der Waals surface area contributed by atoms with Gasteiger partial charge in [0.2, 0.25) is 0 Å². The van der Waals surface area contributed by atoms with Gasteiger partial charge in [-0.2, -0.15) is 0 Å². The number of para-hydroxylation sites is 1. The van der Waals surface area contributed by atoms with Crippen LogP contribution in [0.25, 0.3) is 0 Å². The Morgan fingerprint density at radius 2 is 1.90 bits per heavy atom. The summed E-state index contributed by atoms with van der Waals surface area (Å²) in [6.07, 6.45) is 0. The Morgan fingerprint density at radius 1 is 1.20 bits per heavy atom. The number of hydrogen-bond donors (Lipinski definition) is 1. The molecule has 5 nitrogen and oxygen atoms in total. The van der Waals surface area contributed by atoms with Crippen molar-refractivity contribution in [2.24, 2.45) is 11.8 Å². The van der Waals surface area contributed by atoms with Crippen molar-refractivity contribution in [2.45, 2.75) is 0 Å². The third-order valence-electron chi connectivity index (χ3n) is 4.31. The molecule has 0 bridgehead atoms. The average Bonchev–Trinajstić information content (AvgIpc) is 3.06. The van der Waals surface area contributed by atoms with Crippen molar-refractivity contribution in [3.05, 3.63) is 23.8 Å². The Kier molecular flexibility index (Phi) is 3.53. The molecule has 0 saturated carbocycles. The monoisotopic (exact) mass is 276 g/mol. The van der Waals surface area contributed by atoms with Crippen molar-refractivity contribution in [1.29, 1.82) is 0 Å². The van der Waals surface area contributed by atoms with Gasteiger partial charge >= 0.3 is 0 Å². The molecule has 1 aromatic rings. The highest BCUT2D eigenvalue weighted by atomic mass is 16.5. The van der Waals surface area contributed by atoms with E-state index in [1.165, 1.54) is 0 Å². The second-order valence-electron chi connectivity index (χ2n) is 5.43. The van der Waals surface area contributed by atoms with E-state index in [-0.39, 0.29) is 5.91 Å². The van der Waals surface area contributed by atoms with Crippen LogP contribution in [0.3, 0.4) is 0 Å². The first-order valence-corrected chi connectivity index (χ1v) is 6.95. The number of amides is 1. The Bertz CT molecular complexity index is 506. The predicted octanol–water partition coefficient (Wildman–Crippen LogP) is 0.995. The molecule has 0 aliphatic carbocycles. The summed E-state index contributed by atoms with van der Waals surface area (Å²) >= 11 is 0. The third-order valence-corrected chi connectivity index (χ3v) is 4.31. The van der Waals surface area contributed by atoms with E-state index in [0.717, 1.165) is 26.2 Å². The molecule has 0 spiro atoms. The number of nitrogens with zero attached hydrogens (tertiary/aromatic N) is 1. The maximum atomic E-state index is 12.7. The molecule has 1 aromatic carbocycles. The largest absolute Gasteiger partial charge is 0.493 e. The molecule has 2 heterocycles. The second-order valence-corrected chi connectivity index (χ2v) is 5.43.